The van der Waals surface area contributed by atoms with Crippen LogP contribution in [0.4, 0.5) is 0 Å². The quantitative estimate of drug-likeness (QED) is 0.454. The zero-order valence-electron chi connectivity index (χ0n) is 12.1. The molecule has 22 heavy (non-hydrogen) atoms. The number of hydrogen-bond acceptors (Lipinski definition) is 5. The zero-order chi connectivity index (χ0) is 15.5. The first-order valence-electron chi connectivity index (χ1n) is 6.58. The largest absolute Gasteiger partial charge is 0.290 e. The molecule has 1 N–H and O–H groups in total. The second-order valence-corrected chi connectivity index (χ2v) is 6.33. The molecule has 2 heterocycles. The van der Waals surface area contributed by atoms with E-state index in [0.717, 1.165) is 10.5 Å². The van der Waals surface area contributed by atoms with E-state index < -0.39 is 0 Å². The number of aryl methyl sites for hydroxylation is 1. The van der Waals surface area contributed by atoms with Gasteiger partial charge in [0.2, 0.25) is 0 Å². The van der Waals surface area contributed by atoms with Crippen LogP contribution in [0.5, 0.6) is 0 Å². The number of rotatable bonds is 4. The Labute approximate surface area is 136 Å². The molecule has 0 saturated heterocycles. The van der Waals surface area contributed by atoms with Crippen LogP contribution in [0.15, 0.2) is 45.8 Å². The Morgan fingerprint density at radius 2 is 2.18 bits per heavy atom. The zero-order valence-corrected chi connectivity index (χ0v) is 13.7. The maximum absolute atomic E-state index is 12.2. The lowest BCUT2D eigenvalue weighted by Crippen LogP contribution is -2.20. The van der Waals surface area contributed by atoms with Crippen molar-refractivity contribution in [2.24, 2.45) is 5.10 Å². The molecule has 0 aliphatic heterocycles. The van der Waals surface area contributed by atoms with Gasteiger partial charge in [0, 0.05) is 16.5 Å². The second-order valence-electron chi connectivity index (χ2n) is 4.57. The first kappa shape index (κ1) is 14.8. The summed E-state index contributed by atoms with van der Waals surface area (Å²) in [5.74, 6) is -0.264. The minimum Gasteiger partial charge on any atom is -0.286 e. The standard InChI is InChI=1S/C15H14N4OS2/c1-10-13(19-7-8-22-15(19)17-10)14(20)18-16-9-11-3-5-12(21-2)6-4-11/h3-9H,1-2H3,(H,18,20)/b16-9-. The van der Waals surface area contributed by atoms with Gasteiger partial charge in [0.15, 0.2) is 4.96 Å². The number of thioether (sulfide) groups is 1. The normalized spacial score (nSPS) is 11.4. The van der Waals surface area contributed by atoms with Crippen LogP contribution in [-0.4, -0.2) is 27.8 Å². The molecule has 0 saturated carbocycles. The van der Waals surface area contributed by atoms with Gasteiger partial charge in [0.05, 0.1) is 11.9 Å². The molecule has 0 unspecified atom stereocenters. The number of hydrazone groups is 1. The second kappa shape index (κ2) is 6.33. The molecule has 3 rings (SSSR count). The summed E-state index contributed by atoms with van der Waals surface area (Å²) >= 11 is 3.18. The molecule has 1 amide bonds. The van der Waals surface area contributed by atoms with Crippen molar-refractivity contribution in [3.05, 3.63) is 52.8 Å². The monoisotopic (exact) mass is 330 g/mol. The van der Waals surface area contributed by atoms with Gasteiger partial charge in [0.1, 0.15) is 5.69 Å². The predicted molar refractivity (Wildman–Crippen MR) is 91.1 cm³/mol. The lowest BCUT2D eigenvalue weighted by molar-refractivity contribution is 0.0948. The van der Waals surface area contributed by atoms with E-state index in [2.05, 4.69) is 15.5 Å². The molecule has 112 valence electrons. The number of amides is 1. The van der Waals surface area contributed by atoms with Crippen LogP contribution in [0.25, 0.3) is 4.96 Å². The molecule has 0 spiro atoms. The summed E-state index contributed by atoms with van der Waals surface area (Å²) in [5.41, 5.74) is 4.71. The fourth-order valence-electron chi connectivity index (χ4n) is 2.08. The number of thiazole rings is 1. The van der Waals surface area contributed by atoms with Crippen molar-refractivity contribution < 1.29 is 4.79 Å². The predicted octanol–water partition coefficient (Wildman–Crippen LogP) is 3.19. The number of hydrogen-bond donors (Lipinski definition) is 1. The molecule has 7 heteroatoms. The molecular weight excluding hydrogens is 316 g/mol. The number of nitrogens with one attached hydrogen (secondary N) is 1. The topological polar surface area (TPSA) is 58.8 Å². The molecule has 0 fully saturated rings. The van der Waals surface area contributed by atoms with Crippen molar-refractivity contribution in [3.63, 3.8) is 0 Å². The maximum atomic E-state index is 12.2. The highest BCUT2D eigenvalue weighted by Crippen LogP contribution is 2.16. The Hall–Kier alpha value is -2.12. The van der Waals surface area contributed by atoms with Crippen LogP contribution in [0.3, 0.4) is 0 Å². The molecule has 0 radical (unpaired) electrons. The molecule has 1 aromatic carbocycles. The summed E-state index contributed by atoms with van der Waals surface area (Å²) < 4.78 is 1.78. The van der Waals surface area contributed by atoms with Crippen molar-refractivity contribution in [1.29, 1.82) is 0 Å². The fourth-order valence-corrected chi connectivity index (χ4v) is 3.24. The summed E-state index contributed by atoms with van der Waals surface area (Å²) in [6.07, 6.45) is 5.49. The van der Waals surface area contributed by atoms with Crippen LogP contribution in [0.1, 0.15) is 21.7 Å². The first-order chi connectivity index (χ1) is 10.7. The Morgan fingerprint density at radius 1 is 1.41 bits per heavy atom. The SMILES string of the molecule is CSc1ccc(/C=N\NC(=O)c2c(C)nc3sccn23)cc1. The number of imidazole rings is 1. The van der Waals surface area contributed by atoms with Gasteiger partial charge in [-0.15, -0.1) is 23.1 Å². The van der Waals surface area contributed by atoms with Crippen LogP contribution >= 0.6 is 23.1 Å². The number of nitrogens with zero attached hydrogens (tertiary/aromatic N) is 3. The van der Waals surface area contributed by atoms with Gasteiger partial charge in [-0.05, 0) is 30.9 Å². The molecule has 0 aliphatic rings. The highest BCUT2D eigenvalue weighted by atomic mass is 32.2. The lowest BCUT2D eigenvalue weighted by atomic mass is 10.2. The molecule has 2 aromatic heterocycles. The van der Waals surface area contributed by atoms with E-state index in [0.29, 0.717) is 11.4 Å². The molecular formula is C15H14N4OS2. The minimum atomic E-state index is -0.264. The molecule has 3 aromatic rings. The van der Waals surface area contributed by atoms with E-state index >= 15 is 0 Å². The van der Waals surface area contributed by atoms with E-state index in [9.17, 15) is 4.79 Å². The van der Waals surface area contributed by atoms with Crippen molar-refractivity contribution in [2.75, 3.05) is 6.26 Å². The molecule has 0 atom stereocenters. The third kappa shape index (κ3) is 2.90. The van der Waals surface area contributed by atoms with Crippen molar-refractivity contribution in [2.45, 2.75) is 11.8 Å². The van der Waals surface area contributed by atoms with Gasteiger partial charge in [-0.2, -0.15) is 5.10 Å². The van der Waals surface area contributed by atoms with E-state index in [4.69, 9.17) is 0 Å². The molecule has 5 nitrogen and oxygen atoms in total. The van der Waals surface area contributed by atoms with Crippen molar-refractivity contribution in [3.8, 4) is 0 Å². The van der Waals surface area contributed by atoms with Crippen LogP contribution < -0.4 is 5.43 Å². The fraction of sp³-hybridized carbons (Fsp3) is 0.133. The van der Waals surface area contributed by atoms with Crippen LogP contribution in [0.2, 0.25) is 0 Å². The summed E-state index contributed by atoms with van der Waals surface area (Å²) in [4.78, 5) is 18.6. The average Bonchev–Trinajstić information content (AvgIpc) is 3.07. The van der Waals surface area contributed by atoms with Gasteiger partial charge in [-0.3, -0.25) is 9.20 Å². The average molecular weight is 330 g/mol. The van der Waals surface area contributed by atoms with E-state index in [-0.39, 0.29) is 5.91 Å². The van der Waals surface area contributed by atoms with E-state index in [1.807, 2.05) is 49.0 Å². The number of benzene rings is 1. The van der Waals surface area contributed by atoms with Crippen LogP contribution in [-0.2, 0) is 0 Å². The Bertz CT molecular complexity index is 833. The third-order valence-electron chi connectivity index (χ3n) is 3.15. The van der Waals surface area contributed by atoms with Gasteiger partial charge in [-0.25, -0.2) is 10.4 Å². The minimum absolute atomic E-state index is 0.264. The molecule has 0 bridgehead atoms. The number of carbonyl (C=O) groups is 1. The Balaban J connectivity index is 1.72. The number of carbonyl (C=O) groups excluding carboxylic acids is 1. The van der Waals surface area contributed by atoms with Gasteiger partial charge < -0.3 is 0 Å². The highest BCUT2D eigenvalue weighted by molar-refractivity contribution is 7.98. The lowest BCUT2D eigenvalue weighted by Gasteiger charge is -2.00. The Kier molecular flexibility index (Phi) is 4.26. The number of fused-ring (bicyclic) bond motifs is 1. The van der Waals surface area contributed by atoms with Gasteiger partial charge >= 0.3 is 0 Å². The van der Waals surface area contributed by atoms with Crippen molar-refractivity contribution >= 4 is 40.2 Å². The highest BCUT2D eigenvalue weighted by Gasteiger charge is 2.16. The van der Waals surface area contributed by atoms with E-state index in [1.165, 1.54) is 16.2 Å². The van der Waals surface area contributed by atoms with Crippen molar-refractivity contribution in [1.82, 2.24) is 14.8 Å². The summed E-state index contributed by atoms with van der Waals surface area (Å²) in [6.45, 7) is 1.82. The smallest absolute Gasteiger partial charge is 0.286 e. The van der Waals surface area contributed by atoms with Crippen LogP contribution in [0, 0.1) is 6.92 Å². The van der Waals surface area contributed by atoms with E-state index in [1.54, 1.807) is 22.4 Å². The summed E-state index contributed by atoms with van der Waals surface area (Å²) in [5, 5.41) is 5.91. The van der Waals surface area contributed by atoms with Gasteiger partial charge in [-0.1, -0.05) is 12.1 Å². The maximum Gasteiger partial charge on any atom is 0.290 e. The third-order valence-corrected chi connectivity index (χ3v) is 4.65. The number of aromatic nitrogens is 2. The molecule has 0 aliphatic carbocycles. The first-order valence-corrected chi connectivity index (χ1v) is 8.69. The summed E-state index contributed by atoms with van der Waals surface area (Å²) in [7, 11) is 0. The Morgan fingerprint density at radius 3 is 2.91 bits per heavy atom. The summed E-state index contributed by atoms with van der Waals surface area (Å²) in [6, 6.07) is 7.96. The van der Waals surface area contributed by atoms with Gasteiger partial charge in [0.25, 0.3) is 5.91 Å².